The molecule has 1 unspecified atom stereocenters. The topological polar surface area (TPSA) is 62.2 Å². The molecule has 0 spiro atoms. The number of aromatic carboxylic acids is 1. The van der Waals surface area contributed by atoms with Gasteiger partial charge in [-0.1, -0.05) is 32.0 Å². The zero-order chi connectivity index (χ0) is 16.1. The van der Waals surface area contributed by atoms with Crippen molar-refractivity contribution in [3.05, 3.63) is 65.0 Å². The maximum absolute atomic E-state index is 10.9. The van der Waals surface area contributed by atoms with Crippen LogP contribution in [0.5, 0.6) is 0 Å². The summed E-state index contributed by atoms with van der Waals surface area (Å²) in [5.74, 6) is -0.490. The molecule has 0 bridgehead atoms. The molecule has 0 saturated carbocycles. The van der Waals surface area contributed by atoms with E-state index in [1.807, 2.05) is 24.4 Å². The first-order valence-corrected chi connectivity index (χ1v) is 7.46. The maximum Gasteiger partial charge on any atom is 0.335 e. The molecule has 0 aliphatic rings. The number of nitrogens with one attached hydrogen (secondary N) is 1. The summed E-state index contributed by atoms with van der Waals surface area (Å²) in [5, 5.41) is 12.5. The highest BCUT2D eigenvalue weighted by Crippen LogP contribution is 2.23. The molecule has 0 saturated heterocycles. The van der Waals surface area contributed by atoms with Crippen LogP contribution < -0.4 is 5.32 Å². The molecule has 0 radical (unpaired) electrons. The lowest BCUT2D eigenvalue weighted by Crippen LogP contribution is -2.27. The molecule has 2 rings (SSSR count). The van der Waals surface area contributed by atoms with E-state index >= 15 is 0 Å². The number of aromatic nitrogens is 1. The highest BCUT2D eigenvalue weighted by atomic mass is 16.4. The lowest BCUT2D eigenvalue weighted by atomic mass is 9.97. The van der Waals surface area contributed by atoms with E-state index in [0.29, 0.717) is 18.0 Å². The van der Waals surface area contributed by atoms with Crippen LogP contribution in [0.25, 0.3) is 0 Å². The number of nitrogens with zero attached hydrogens (tertiary/aromatic N) is 1. The van der Waals surface area contributed by atoms with Crippen LogP contribution in [0.2, 0.25) is 0 Å². The third-order valence-corrected chi connectivity index (χ3v) is 3.74. The third-order valence-electron chi connectivity index (χ3n) is 3.74. The number of pyridine rings is 1. The highest BCUT2D eigenvalue weighted by molar-refractivity contribution is 5.87. The maximum atomic E-state index is 10.9. The number of rotatable bonds is 6. The number of hydrogen-bond donors (Lipinski definition) is 2. The molecule has 22 heavy (non-hydrogen) atoms. The number of hydrogen-bond acceptors (Lipinski definition) is 3. The smallest absolute Gasteiger partial charge is 0.335 e. The summed E-state index contributed by atoms with van der Waals surface area (Å²) >= 11 is 0. The molecule has 0 aliphatic heterocycles. The predicted octanol–water partition coefficient (Wildman–Crippen LogP) is 3.58. The normalized spacial score (nSPS) is 12.4. The van der Waals surface area contributed by atoms with Crippen molar-refractivity contribution in [2.75, 3.05) is 0 Å². The second-order valence-electron chi connectivity index (χ2n) is 5.81. The van der Waals surface area contributed by atoms with Crippen molar-refractivity contribution in [2.45, 2.75) is 33.4 Å². The minimum atomic E-state index is -0.899. The summed E-state index contributed by atoms with van der Waals surface area (Å²) in [6.45, 7) is 7.08. The van der Waals surface area contributed by atoms with Crippen LogP contribution in [0, 0.1) is 12.8 Å². The Kier molecular flexibility index (Phi) is 5.28. The van der Waals surface area contributed by atoms with E-state index in [1.54, 1.807) is 12.1 Å². The lowest BCUT2D eigenvalue weighted by Gasteiger charge is -2.23. The van der Waals surface area contributed by atoms with E-state index in [4.69, 9.17) is 5.11 Å². The van der Waals surface area contributed by atoms with Crippen molar-refractivity contribution in [3.63, 3.8) is 0 Å². The van der Waals surface area contributed by atoms with Gasteiger partial charge in [-0.25, -0.2) is 4.79 Å². The Bertz CT molecular complexity index is 636. The van der Waals surface area contributed by atoms with E-state index < -0.39 is 5.97 Å². The van der Waals surface area contributed by atoms with E-state index in [-0.39, 0.29) is 6.04 Å². The number of carboxylic acids is 1. The van der Waals surface area contributed by atoms with Gasteiger partial charge in [0.1, 0.15) is 0 Å². The summed E-state index contributed by atoms with van der Waals surface area (Å²) < 4.78 is 0. The molecular weight excluding hydrogens is 276 g/mol. The Morgan fingerprint density at radius 1 is 1.23 bits per heavy atom. The second kappa shape index (κ2) is 7.18. The molecule has 0 amide bonds. The standard InChI is InChI=1S/C18H22N2O2/c1-12(2)16(17-13(3)5-4-10-19-17)20-11-14-6-8-15(9-7-14)18(21)22/h4-10,12,16,20H,11H2,1-3H3,(H,21,22). The van der Waals surface area contributed by atoms with E-state index in [9.17, 15) is 4.79 Å². The van der Waals surface area contributed by atoms with E-state index in [1.165, 1.54) is 5.56 Å². The zero-order valence-electron chi connectivity index (χ0n) is 13.2. The quantitative estimate of drug-likeness (QED) is 0.855. The molecular formula is C18H22N2O2. The van der Waals surface area contributed by atoms with E-state index in [0.717, 1.165) is 11.3 Å². The van der Waals surface area contributed by atoms with Gasteiger partial charge in [0, 0.05) is 12.7 Å². The lowest BCUT2D eigenvalue weighted by molar-refractivity contribution is 0.0697. The van der Waals surface area contributed by atoms with Crippen molar-refractivity contribution >= 4 is 5.97 Å². The van der Waals surface area contributed by atoms with Crippen LogP contribution in [0.3, 0.4) is 0 Å². The number of benzene rings is 1. The first-order chi connectivity index (χ1) is 10.5. The van der Waals surface area contributed by atoms with Crippen LogP contribution in [-0.2, 0) is 6.54 Å². The molecule has 2 aromatic rings. The first kappa shape index (κ1) is 16.2. The molecule has 4 heteroatoms. The summed E-state index contributed by atoms with van der Waals surface area (Å²) in [6.07, 6.45) is 1.82. The monoisotopic (exact) mass is 298 g/mol. The largest absolute Gasteiger partial charge is 0.478 e. The summed E-state index contributed by atoms with van der Waals surface area (Å²) in [4.78, 5) is 15.4. The fourth-order valence-corrected chi connectivity index (χ4v) is 2.46. The van der Waals surface area contributed by atoms with Gasteiger partial charge in [0.2, 0.25) is 0 Å². The van der Waals surface area contributed by atoms with Crippen molar-refractivity contribution in [3.8, 4) is 0 Å². The minimum absolute atomic E-state index is 0.167. The zero-order valence-corrected chi connectivity index (χ0v) is 13.2. The van der Waals surface area contributed by atoms with Gasteiger partial charge >= 0.3 is 5.97 Å². The van der Waals surface area contributed by atoms with Gasteiger partial charge in [-0.3, -0.25) is 4.98 Å². The van der Waals surface area contributed by atoms with Crippen molar-refractivity contribution < 1.29 is 9.90 Å². The van der Waals surface area contributed by atoms with Gasteiger partial charge in [0.15, 0.2) is 0 Å². The minimum Gasteiger partial charge on any atom is -0.478 e. The van der Waals surface area contributed by atoms with Crippen molar-refractivity contribution in [1.29, 1.82) is 0 Å². The molecule has 1 aromatic heterocycles. The molecule has 1 aromatic carbocycles. The molecule has 116 valence electrons. The second-order valence-corrected chi connectivity index (χ2v) is 5.81. The van der Waals surface area contributed by atoms with Crippen LogP contribution in [-0.4, -0.2) is 16.1 Å². The van der Waals surface area contributed by atoms with Crippen LogP contribution >= 0.6 is 0 Å². The van der Waals surface area contributed by atoms with Gasteiger partial charge in [0.25, 0.3) is 0 Å². The van der Waals surface area contributed by atoms with Crippen LogP contribution in [0.4, 0.5) is 0 Å². The molecule has 1 atom stereocenters. The fraction of sp³-hybridized carbons (Fsp3) is 0.333. The van der Waals surface area contributed by atoms with Gasteiger partial charge in [-0.15, -0.1) is 0 Å². The number of carboxylic acid groups (broad SMARTS) is 1. The molecule has 4 nitrogen and oxygen atoms in total. The number of aryl methyl sites for hydroxylation is 1. The van der Waals surface area contributed by atoms with Gasteiger partial charge in [0.05, 0.1) is 17.3 Å². The fourth-order valence-electron chi connectivity index (χ4n) is 2.46. The Morgan fingerprint density at radius 2 is 1.91 bits per heavy atom. The SMILES string of the molecule is Cc1cccnc1C(NCc1ccc(C(=O)O)cc1)C(C)C. The Morgan fingerprint density at radius 3 is 2.45 bits per heavy atom. The van der Waals surface area contributed by atoms with Crippen LogP contribution in [0.15, 0.2) is 42.6 Å². The Hall–Kier alpha value is -2.20. The first-order valence-electron chi connectivity index (χ1n) is 7.46. The highest BCUT2D eigenvalue weighted by Gasteiger charge is 2.18. The summed E-state index contributed by atoms with van der Waals surface area (Å²) in [5.41, 5.74) is 3.61. The Balaban J connectivity index is 2.09. The van der Waals surface area contributed by atoms with Crippen molar-refractivity contribution in [1.82, 2.24) is 10.3 Å². The van der Waals surface area contributed by atoms with Crippen molar-refractivity contribution in [2.24, 2.45) is 5.92 Å². The molecule has 1 heterocycles. The summed E-state index contributed by atoms with van der Waals surface area (Å²) in [6, 6.07) is 11.1. The average Bonchev–Trinajstić information content (AvgIpc) is 2.49. The van der Waals surface area contributed by atoms with Gasteiger partial charge in [-0.2, -0.15) is 0 Å². The van der Waals surface area contributed by atoms with Gasteiger partial charge < -0.3 is 10.4 Å². The van der Waals surface area contributed by atoms with Crippen LogP contribution in [0.1, 0.15) is 47.1 Å². The third kappa shape index (κ3) is 3.92. The predicted molar refractivity (Wildman–Crippen MR) is 86.8 cm³/mol. The van der Waals surface area contributed by atoms with E-state index in [2.05, 4.69) is 37.1 Å². The average molecular weight is 298 g/mol. The molecule has 2 N–H and O–H groups in total. The van der Waals surface area contributed by atoms with Gasteiger partial charge in [-0.05, 0) is 42.2 Å². The molecule has 0 aliphatic carbocycles. The molecule has 0 fully saturated rings. The Labute approximate surface area is 131 Å². The number of carbonyl (C=O) groups is 1. The summed E-state index contributed by atoms with van der Waals surface area (Å²) in [7, 11) is 0.